The fourth-order valence-corrected chi connectivity index (χ4v) is 1.24. The Labute approximate surface area is 91.2 Å². The Kier molecular flexibility index (Phi) is 2.86. The van der Waals surface area contributed by atoms with Crippen molar-refractivity contribution in [2.45, 2.75) is 0 Å². The third-order valence-electron chi connectivity index (χ3n) is 1.91. The molecule has 16 heavy (non-hydrogen) atoms. The highest BCUT2D eigenvalue weighted by Gasteiger charge is 1.98. The van der Waals surface area contributed by atoms with Crippen LogP contribution >= 0.6 is 0 Å². The lowest BCUT2D eigenvalue weighted by Gasteiger charge is -2.05. The largest absolute Gasteiger partial charge is 0.448 e. The first-order chi connectivity index (χ1) is 7.75. The van der Waals surface area contributed by atoms with E-state index in [9.17, 15) is 4.79 Å². The van der Waals surface area contributed by atoms with Gasteiger partial charge in [0.15, 0.2) is 5.65 Å². The Balaban J connectivity index is 1.91. The summed E-state index contributed by atoms with van der Waals surface area (Å²) in [6, 6.07) is 3.58. The van der Waals surface area contributed by atoms with E-state index in [-0.39, 0.29) is 6.61 Å². The lowest BCUT2D eigenvalue weighted by molar-refractivity contribution is 0.161. The zero-order chi connectivity index (χ0) is 11.4. The van der Waals surface area contributed by atoms with Crippen molar-refractivity contribution in [2.75, 3.05) is 18.5 Å². The first-order valence-corrected chi connectivity index (χ1v) is 4.72. The van der Waals surface area contributed by atoms with E-state index in [0.29, 0.717) is 12.4 Å². The first kappa shape index (κ1) is 10.2. The Morgan fingerprint density at radius 2 is 2.44 bits per heavy atom. The molecule has 2 heterocycles. The van der Waals surface area contributed by atoms with Crippen molar-refractivity contribution in [3.63, 3.8) is 0 Å². The summed E-state index contributed by atoms with van der Waals surface area (Å²) in [5.41, 5.74) is 5.57. The number of carbonyl (C=O) groups excluding carboxylic acids is 1. The highest BCUT2D eigenvalue weighted by molar-refractivity contribution is 5.64. The number of nitrogens with two attached hydrogens (primary N) is 1. The minimum absolute atomic E-state index is 0.210. The zero-order valence-electron chi connectivity index (χ0n) is 8.46. The Bertz CT molecular complexity index is 495. The number of primary amides is 1. The van der Waals surface area contributed by atoms with E-state index in [0.717, 1.165) is 5.65 Å². The minimum Gasteiger partial charge on any atom is -0.448 e. The number of anilines is 1. The van der Waals surface area contributed by atoms with Gasteiger partial charge in [-0.3, -0.25) is 0 Å². The van der Waals surface area contributed by atoms with E-state index >= 15 is 0 Å². The van der Waals surface area contributed by atoms with Crippen LogP contribution in [-0.2, 0) is 4.74 Å². The number of hydrogen-bond acceptors (Lipinski definition) is 5. The molecule has 0 spiro atoms. The molecule has 2 rings (SSSR count). The molecule has 2 aromatic rings. The quantitative estimate of drug-likeness (QED) is 0.721. The maximum atomic E-state index is 10.3. The molecule has 3 N–H and O–H groups in total. The predicted octanol–water partition coefficient (Wildman–Crippen LogP) is 0.236. The van der Waals surface area contributed by atoms with Gasteiger partial charge in [-0.05, 0) is 6.07 Å². The summed E-state index contributed by atoms with van der Waals surface area (Å²) >= 11 is 0. The number of hydrogen-bond donors (Lipinski definition) is 2. The zero-order valence-corrected chi connectivity index (χ0v) is 8.46. The number of aromatic nitrogens is 3. The van der Waals surface area contributed by atoms with Crippen LogP contribution in [0.2, 0.25) is 0 Å². The van der Waals surface area contributed by atoms with Gasteiger partial charge in [-0.25, -0.2) is 14.3 Å². The van der Waals surface area contributed by atoms with Crippen molar-refractivity contribution in [3.05, 3.63) is 24.5 Å². The Morgan fingerprint density at radius 1 is 1.56 bits per heavy atom. The van der Waals surface area contributed by atoms with Crippen LogP contribution in [0.4, 0.5) is 10.6 Å². The number of carbonyl (C=O) groups is 1. The second-order valence-corrected chi connectivity index (χ2v) is 3.04. The number of rotatable bonds is 4. The fourth-order valence-electron chi connectivity index (χ4n) is 1.24. The van der Waals surface area contributed by atoms with Crippen LogP contribution < -0.4 is 11.1 Å². The van der Waals surface area contributed by atoms with E-state index < -0.39 is 6.09 Å². The van der Waals surface area contributed by atoms with E-state index in [1.165, 1.54) is 0 Å². The van der Waals surface area contributed by atoms with Crippen LogP contribution in [0.5, 0.6) is 0 Å². The van der Waals surface area contributed by atoms with Gasteiger partial charge in [0, 0.05) is 12.3 Å². The normalized spacial score (nSPS) is 10.2. The molecule has 7 heteroatoms. The Morgan fingerprint density at radius 3 is 3.25 bits per heavy atom. The molecule has 0 bridgehead atoms. The smallest absolute Gasteiger partial charge is 0.404 e. The lowest BCUT2D eigenvalue weighted by Crippen LogP contribution is -2.18. The van der Waals surface area contributed by atoms with Crippen molar-refractivity contribution < 1.29 is 9.53 Å². The number of amides is 1. The molecule has 7 nitrogen and oxygen atoms in total. The van der Waals surface area contributed by atoms with E-state index in [4.69, 9.17) is 5.73 Å². The summed E-state index contributed by atoms with van der Waals surface area (Å²) in [6.45, 7) is 0.668. The fraction of sp³-hybridized carbons (Fsp3) is 0.222. The van der Waals surface area contributed by atoms with Crippen LogP contribution in [0.15, 0.2) is 24.5 Å². The average molecular weight is 221 g/mol. The summed E-state index contributed by atoms with van der Waals surface area (Å²) < 4.78 is 6.22. The van der Waals surface area contributed by atoms with Gasteiger partial charge in [0.05, 0.1) is 12.7 Å². The number of fused-ring (bicyclic) bond motifs is 1. The lowest BCUT2D eigenvalue weighted by atomic mass is 10.5. The monoisotopic (exact) mass is 221 g/mol. The first-order valence-electron chi connectivity index (χ1n) is 4.72. The van der Waals surface area contributed by atoms with Gasteiger partial charge >= 0.3 is 6.09 Å². The molecule has 1 amide bonds. The van der Waals surface area contributed by atoms with Gasteiger partial charge in [-0.1, -0.05) is 0 Å². The Hall–Kier alpha value is -2.31. The molecule has 2 aromatic heterocycles. The van der Waals surface area contributed by atoms with Gasteiger partial charge in [0.2, 0.25) is 0 Å². The van der Waals surface area contributed by atoms with Crippen LogP contribution in [0.3, 0.4) is 0 Å². The van der Waals surface area contributed by atoms with Crippen LogP contribution in [-0.4, -0.2) is 33.8 Å². The summed E-state index contributed by atoms with van der Waals surface area (Å²) in [4.78, 5) is 14.6. The molecule has 84 valence electrons. The van der Waals surface area contributed by atoms with Crippen LogP contribution in [0.1, 0.15) is 0 Å². The number of nitrogens with zero attached hydrogens (tertiary/aromatic N) is 3. The highest BCUT2D eigenvalue weighted by atomic mass is 16.5. The summed E-state index contributed by atoms with van der Waals surface area (Å²) in [5.74, 6) is 0.695. The van der Waals surface area contributed by atoms with Gasteiger partial charge in [-0.2, -0.15) is 5.10 Å². The highest BCUT2D eigenvalue weighted by Crippen LogP contribution is 2.04. The number of ether oxygens (including phenoxy) is 1. The van der Waals surface area contributed by atoms with E-state index in [1.807, 2.05) is 0 Å². The van der Waals surface area contributed by atoms with Crippen molar-refractivity contribution in [1.29, 1.82) is 0 Å². The number of nitrogens with one attached hydrogen (secondary N) is 1. The molecule has 0 aromatic carbocycles. The van der Waals surface area contributed by atoms with Crippen molar-refractivity contribution in [1.82, 2.24) is 14.6 Å². The summed E-state index contributed by atoms with van der Waals surface area (Å²) in [5, 5.41) is 7.02. The third-order valence-corrected chi connectivity index (χ3v) is 1.91. The minimum atomic E-state index is -0.777. The molecule has 0 saturated carbocycles. The van der Waals surface area contributed by atoms with Gasteiger partial charge in [-0.15, -0.1) is 0 Å². The molecule has 0 aliphatic heterocycles. The van der Waals surface area contributed by atoms with Crippen LogP contribution in [0.25, 0.3) is 5.65 Å². The molecule has 0 aliphatic carbocycles. The molecule has 0 fully saturated rings. The topological polar surface area (TPSA) is 94.5 Å². The second-order valence-electron chi connectivity index (χ2n) is 3.04. The van der Waals surface area contributed by atoms with Crippen LogP contribution in [0, 0.1) is 0 Å². The SMILES string of the molecule is NC(=O)OCCNc1ccn2nccc2n1. The molecular weight excluding hydrogens is 210 g/mol. The molecule has 0 radical (unpaired) electrons. The maximum Gasteiger partial charge on any atom is 0.404 e. The van der Waals surface area contributed by atoms with Crippen molar-refractivity contribution >= 4 is 17.6 Å². The average Bonchev–Trinajstić information content (AvgIpc) is 2.71. The molecule has 0 saturated heterocycles. The van der Waals surface area contributed by atoms with Gasteiger partial charge in [0.25, 0.3) is 0 Å². The van der Waals surface area contributed by atoms with Crippen molar-refractivity contribution in [2.24, 2.45) is 5.73 Å². The predicted molar refractivity (Wildman–Crippen MR) is 57.0 cm³/mol. The molecular formula is C9H11N5O2. The molecule has 0 unspecified atom stereocenters. The molecule has 0 aliphatic rings. The standard InChI is InChI=1S/C9H11N5O2/c10-9(15)16-6-4-11-7-2-5-14-8(13-7)1-3-12-14/h1-3,5H,4,6H2,(H2,10,15)(H,11,13). The van der Waals surface area contributed by atoms with Gasteiger partial charge < -0.3 is 15.8 Å². The van der Waals surface area contributed by atoms with E-state index in [2.05, 4.69) is 20.1 Å². The summed E-state index contributed by atoms with van der Waals surface area (Å²) in [6.07, 6.45) is 2.68. The molecule has 0 atom stereocenters. The van der Waals surface area contributed by atoms with Crippen molar-refractivity contribution in [3.8, 4) is 0 Å². The van der Waals surface area contributed by atoms with Gasteiger partial charge in [0.1, 0.15) is 12.4 Å². The maximum absolute atomic E-state index is 10.3. The summed E-state index contributed by atoms with van der Waals surface area (Å²) in [7, 11) is 0. The third kappa shape index (κ3) is 2.38. The van der Waals surface area contributed by atoms with E-state index in [1.54, 1.807) is 29.0 Å². The second kappa shape index (κ2) is 4.47.